The average Bonchev–Trinajstić information content (AvgIpc) is 2.41. The number of benzene rings is 1. The highest BCUT2D eigenvalue weighted by Gasteiger charge is 2.16. The van der Waals surface area contributed by atoms with Crippen LogP contribution in [0.15, 0.2) is 18.2 Å². The zero-order valence-corrected chi connectivity index (χ0v) is 13.1. The quantitative estimate of drug-likeness (QED) is 0.562. The molecule has 1 aromatic rings. The Balaban J connectivity index is 2.65. The average molecular weight is 311 g/mol. The largest absolute Gasteiger partial charge is 0.389 e. The molecule has 122 valence electrons. The summed E-state index contributed by atoms with van der Waals surface area (Å²) in [6.45, 7) is 5.67. The zero-order valence-electron chi connectivity index (χ0n) is 13.1. The van der Waals surface area contributed by atoms with Crippen LogP contribution in [0.3, 0.4) is 0 Å². The van der Waals surface area contributed by atoms with Crippen molar-refractivity contribution in [2.24, 2.45) is 5.92 Å². The molecule has 0 radical (unpaired) electrons. The number of ether oxygens (including phenoxy) is 1. The van der Waals surface area contributed by atoms with Crippen molar-refractivity contribution < 1.29 is 18.6 Å². The van der Waals surface area contributed by atoms with Crippen molar-refractivity contribution in [2.75, 3.05) is 26.3 Å². The highest BCUT2D eigenvalue weighted by molar-refractivity contribution is 5.18. The Bertz CT molecular complexity index is 500. The van der Waals surface area contributed by atoms with E-state index in [1.54, 1.807) is 0 Å². The minimum Gasteiger partial charge on any atom is -0.389 e. The molecule has 5 heteroatoms. The molecular formula is C17H23F2NO2. The molecular weight excluding hydrogens is 288 g/mol. The smallest absolute Gasteiger partial charge is 0.130 e. The molecule has 0 heterocycles. The molecule has 0 aromatic heterocycles. The van der Waals surface area contributed by atoms with Crippen LogP contribution >= 0.6 is 0 Å². The summed E-state index contributed by atoms with van der Waals surface area (Å²) in [6, 6.07) is 3.53. The first-order chi connectivity index (χ1) is 10.4. The lowest BCUT2D eigenvalue weighted by Crippen LogP contribution is -2.37. The Morgan fingerprint density at radius 1 is 1.32 bits per heavy atom. The number of hydrogen-bond donors (Lipinski definition) is 1. The molecule has 0 aliphatic carbocycles. The molecule has 0 spiro atoms. The Morgan fingerprint density at radius 3 is 2.64 bits per heavy atom. The third-order valence-electron chi connectivity index (χ3n) is 3.00. The Morgan fingerprint density at radius 2 is 2.05 bits per heavy atom. The van der Waals surface area contributed by atoms with Gasteiger partial charge >= 0.3 is 0 Å². The number of aliphatic hydroxyl groups excluding tert-OH is 1. The topological polar surface area (TPSA) is 32.7 Å². The SMILES string of the molecule is C#CCOCC(O)CN(Cc1ccc(F)cc1F)CC(C)C. The molecule has 1 N–H and O–H groups in total. The number of hydrogen-bond acceptors (Lipinski definition) is 3. The molecule has 0 saturated carbocycles. The molecule has 1 rings (SSSR count). The second-order valence-corrected chi connectivity index (χ2v) is 5.70. The fourth-order valence-corrected chi connectivity index (χ4v) is 2.22. The van der Waals surface area contributed by atoms with Gasteiger partial charge in [0, 0.05) is 31.3 Å². The first kappa shape index (κ1) is 18.6. The van der Waals surface area contributed by atoms with Crippen molar-refractivity contribution in [3.63, 3.8) is 0 Å². The van der Waals surface area contributed by atoms with Gasteiger partial charge in [-0.25, -0.2) is 8.78 Å². The first-order valence-electron chi connectivity index (χ1n) is 7.28. The van der Waals surface area contributed by atoms with E-state index in [2.05, 4.69) is 5.92 Å². The summed E-state index contributed by atoms with van der Waals surface area (Å²) >= 11 is 0. The molecule has 0 bridgehead atoms. The van der Waals surface area contributed by atoms with Gasteiger partial charge in [-0.05, 0) is 12.0 Å². The monoisotopic (exact) mass is 311 g/mol. The molecule has 0 saturated heterocycles. The summed E-state index contributed by atoms with van der Waals surface area (Å²) in [5, 5.41) is 9.96. The van der Waals surface area contributed by atoms with Gasteiger partial charge in [0.05, 0.1) is 12.7 Å². The van der Waals surface area contributed by atoms with Crippen LogP contribution in [0, 0.1) is 29.9 Å². The fraction of sp³-hybridized carbons (Fsp3) is 0.529. The summed E-state index contributed by atoms with van der Waals surface area (Å²) in [5.74, 6) is 1.50. The van der Waals surface area contributed by atoms with E-state index in [0.29, 0.717) is 31.1 Å². The summed E-state index contributed by atoms with van der Waals surface area (Å²) < 4.78 is 31.8. The van der Waals surface area contributed by atoms with Crippen LogP contribution < -0.4 is 0 Å². The van der Waals surface area contributed by atoms with E-state index in [4.69, 9.17) is 11.2 Å². The van der Waals surface area contributed by atoms with Crippen molar-refractivity contribution in [2.45, 2.75) is 26.5 Å². The predicted molar refractivity (Wildman–Crippen MR) is 82.1 cm³/mol. The van der Waals surface area contributed by atoms with Crippen LogP contribution in [0.2, 0.25) is 0 Å². The van der Waals surface area contributed by atoms with E-state index < -0.39 is 17.7 Å². The molecule has 0 amide bonds. The van der Waals surface area contributed by atoms with Gasteiger partial charge in [-0.3, -0.25) is 4.90 Å². The van der Waals surface area contributed by atoms with Gasteiger partial charge in [-0.15, -0.1) is 6.42 Å². The minimum atomic E-state index is -0.712. The fourth-order valence-electron chi connectivity index (χ4n) is 2.22. The second kappa shape index (κ2) is 9.52. The second-order valence-electron chi connectivity index (χ2n) is 5.70. The Kier molecular flexibility index (Phi) is 8.03. The predicted octanol–water partition coefficient (Wildman–Crippen LogP) is 2.43. The van der Waals surface area contributed by atoms with Gasteiger partial charge in [-0.1, -0.05) is 25.8 Å². The van der Waals surface area contributed by atoms with Crippen LogP contribution in [0.25, 0.3) is 0 Å². The summed E-state index contributed by atoms with van der Waals surface area (Å²) in [5.41, 5.74) is 0.402. The lowest BCUT2D eigenvalue weighted by atomic mass is 10.1. The molecule has 1 unspecified atom stereocenters. The number of aliphatic hydroxyl groups is 1. The van der Waals surface area contributed by atoms with E-state index in [-0.39, 0.29) is 13.2 Å². The van der Waals surface area contributed by atoms with E-state index in [0.717, 1.165) is 6.07 Å². The molecule has 22 heavy (non-hydrogen) atoms. The molecule has 1 atom stereocenters. The van der Waals surface area contributed by atoms with Gasteiger partial charge in [0.25, 0.3) is 0 Å². The normalized spacial score (nSPS) is 12.6. The van der Waals surface area contributed by atoms with E-state index in [9.17, 15) is 13.9 Å². The highest BCUT2D eigenvalue weighted by atomic mass is 19.1. The van der Waals surface area contributed by atoms with E-state index >= 15 is 0 Å². The Labute approximate surface area is 130 Å². The van der Waals surface area contributed by atoms with Gasteiger partial charge in [0.15, 0.2) is 0 Å². The minimum absolute atomic E-state index is 0.130. The molecule has 1 aromatic carbocycles. The van der Waals surface area contributed by atoms with Crippen LogP contribution in [0.5, 0.6) is 0 Å². The third kappa shape index (κ3) is 6.99. The molecule has 0 aliphatic rings. The first-order valence-corrected chi connectivity index (χ1v) is 7.28. The van der Waals surface area contributed by atoms with Gasteiger partial charge in [0.1, 0.15) is 18.2 Å². The maximum absolute atomic E-state index is 13.8. The van der Waals surface area contributed by atoms with Crippen LogP contribution in [0.1, 0.15) is 19.4 Å². The Hall–Kier alpha value is -1.48. The van der Waals surface area contributed by atoms with Crippen molar-refractivity contribution in [3.05, 3.63) is 35.4 Å². The zero-order chi connectivity index (χ0) is 16.5. The van der Waals surface area contributed by atoms with E-state index in [1.165, 1.54) is 12.1 Å². The number of nitrogens with zero attached hydrogens (tertiary/aromatic N) is 1. The van der Waals surface area contributed by atoms with Crippen molar-refractivity contribution in [3.8, 4) is 12.3 Å². The molecule has 0 aliphatic heterocycles. The van der Waals surface area contributed by atoms with Gasteiger partial charge in [0.2, 0.25) is 0 Å². The molecule has 0 fully saturated rings. The summed E-state index contributed by atoms with van der Waals surface area (Å²) in [7, 11) is 0. The van der Waals surface area contributed by atoms with Crippen LogP contribution in [0.4, 0.5) is 8.78 Å². The molecule has 3 nitrogen and oxygen atoms in total. The lowest BCUT2D eigenvalue weighted by Gasteiger charge is -2.26. The lowest BCUT2D eigenvalue weighted by molar-refractivity contribution is 0.0235. The maximum Gasteiger partial charge on any atom is 0.130 e. The number of halogens is 2. The van der Waals surface area contributed by atoms with Crippen LogP contribution in [-0.4, -0.2) is 42.4 Å². The van der Waals surface area contributed by atoms with Gasteiger partial charge in [-0.2, -0.15) is 0 Å². The third-order valence-corrected chi connectivity index (χ3v) is 3.00. The maximum atomic E-state index is 13.8. The highest BCUT2D eigenvalue weighted by Crippen LogP contribution is 2.14. The van der Waals surface area contributed by atoms with Gasteiger partial charge < -0.3 is 9.84 Å². The van der Waals surface area contributed by atoms with Crippen molar-refractivity contribution in [1.82, 2.24) is 4.90 Å². The van der Waals surface area contributed by atoms with Crippen molar-refractivity contribution in [1.29, 1.82) is 0 Å². The number of terminal acetylenes is 1. The van der Waals surface area contributed by atoms with Crippen molar-refractivity contribution >= 4 is 0 Å². The van der Waals surface area contributed by atoms with E-state index in [1.807, 2.05) is 18.7 Å². The summed E-state index contributed by atoms with van der Waals surface area (Å²) in [6.07, 6.45) is 4.36. The summed E-state index contributed by atoms with van der Waals surface area (Å²) in [4.78, 5) is 1.92. The van der Waals surface area contributed by atoms with Crippen LogP contribution in [-0.2, 0) is 11.3 Å². The standard InChI is InChI=1S/C17H23F2NO2/c1-4-7-22-12-16(21)11-20(9-13(2)3)10-14-5-6-15(18)8-17(14)19/h1,5-6,8,13,16,21H,7,9-12H2,2-3H3. The number of rotatable bonds is 9.